The molecule has 1 fully saturated rings. The van der Waals surface area contributed by atoms with Gasteiger partial charge < -0.3 is 9.47 Å². The van der Waals surface area contributed by atoms with E-state index >= 15 is 0 Å². The van der Waals surface area contributed by atoms with Crippen molar-refractivity contribution in [3.05, 3.63) is 65.2 Å². The number of methoxy groups -OCH3 is 2. The number of benzene rings is 2. The molecule has 1 saturated carbocycles. The Morgan fingerprint density at radius 3 is 2.68 bits per heavy atom. The number of nitrogens with one attached hydrogen (secondary N) is 1. The van der Waals surface area contributed by atoms with Crippen LogP contribution in [0.15, 0.2) is 53.9 Å². The Hall–Kier alpha value is -3.45. The second kappa shape index (κ2) is 8.00. The molecular formula is C24H21N3O3S. The number of carbonyl (C=O) groups excluding carboxylic acids is 1. The lowest BCUT2D eigenvalue weighted by atomic mass is 10.1. The van der Waals surface area contributed by atoms with Gasteiger partial charge in [-0.1, -0.05) is 18.2 Å². The van der Waals surface area contributed by atoms with Crippen LogP contribution < -0.4 is 14.8 Å². The highest BCUT2D eigenvalue weighted by Gasteiger charge is 2.27. The zero-order chi connectivity index (χ0) is 21.4. The van der Waals surface area contributed by atoms with E-state index in [9.17, 15) is 4.79 Å². The van der Waals surface area contributed by atoms with E-state index in [-0.39, 0.29) is 5.91 Å². The highest BCUT2D eigenvalue weighted by Crippen LogP contribution is 2.40. The van der Waals surface area contributed by atoms with Crippen LogP contribution in [0.2, 0.25) is 0 Å². The van der Waals surface area contributed by atoms with Crippen LogP contribution >= 0.6 is 11.3 Å². The fourth-order valence-corrected chi connectivity index (χ4v) is 4.31. The number of para-hydroxylation sites is 1. The Kier molecular flexibility index (Phi) is 5.03. The van der Waals surface area contributed by atoms with Gasteiger partial charge in [0, 0.05) is 27.9 Å². The zero-order valence-electron chi connectivity index (χ0n) is 17.2. The number of aromatic nitrogens is 2. The predicted molar refractivity (Wildman–Crippen MR) is 122 cm³/mol. The van der Waals surface area contributed by atoms with E-state index in [1.165, 1.54) is 11.3 Å². The van der Waals surface area contributed by atoms with Crippen LogP contribution in [0.4, 0.5) is 5.13 Å². The van der Waals surface area contributed by atoms with E-state index in [4.69, 9.17) is 14.5 Å². The lowest BCUT2D eigenvalue weighted by molar-refractivity contribution is 0.102. The molecule has 0 spiro atoms. The monoisotopic (exact) mass is 431 g/mol. The number of amides is 1. The Morgan fingerprint density at radius 1 is 1.06 bits per heavy atom. The second-order valence-corrected chi connectivity index (χ2v) is 8.30. The van der Waals surface area contributed by atoms with Crippen LogP contribution in [0.3, 0.4) is 0 Å². The smallest absolute Gasteiger partial charge is 0.258 e. The number of nitrogens with zero attached hydrogens (tertiary/aromatic N) is 2. The van der Waals surface area contributed by atoms with Crippen molar-refractivity contribution in [3.8, 4) is 22.8 Å². The van der Waals surface area contributed by atoms with E-state index in [1.54, 1.807) is 14.2 Å². The summed E-state index contributed by atoms with van der Waals surface area (Å²) in [5, 5.41) is 6.23. The first-order valence-corrected chi connectivity index (χ1v) is 10.9. The molecule has 0 bridgehead atoms. The fraction of sp³-hybridized carbons (Fsp3) is 0.208. The molecule has 31 heavy (non-hydrogen) atoms. The normalized spacial score (nSPS) is 13.2. The molecule has 0 unspecified atom stereocenters. The van der Waals surface area contributed by atoms with Crippen LogP contribution in [0, 0.1) is 0 Å². The van der Waals surface area contributed by atoms with Crippen molar-refractivity contribution in [2.75, 3.05) is 19.5 Å². The van der Waals surface area contributed by atoms with Gasteiger partial charge in [0.05, 0.1) is 31.0 Å². The summed E-state index contributed by atoms with van der Waals surface area (Å²) in [6, 6.07) is 15.2. The topological polar surface area (TPSA) is 73.3 Å². The Balaban J connectivity index is 1.46. The van der Waals surface area contributed by atoms with Crippen LogP contribution in [0.5, 0.6) is 11.5 Å². The molecule has 2 aromatic heterocycles. The van der Waals surface area contributed by atoms with Gasteiger partial charge in [-0.05, 0) is 43.2 Å². The van der Waals surface area contributed by atoms with Gasteiger partial charge >= 0.3 is 0 Å². The summed E-state index contributed by atoms with van der Waals surface area (Å²) in [6.45, 7) is 0. The third-order valence-electron chi connectivity index (χ3n) is 5.38. The van der Waals surface area contributed by atoms with E-state index in [1.807, 2.05) is 53.9 Å². The highest BCUT2D eigenvalue weighted by molar-refractivity contribution is 7.14. The fourth-order valence-electron chi connectivity index (χ4n) is 3.61. The van der Waals surface area contributed by atoms with E-state index in [0.29, 0.717) is 33.8 Å². The molecule has 2 aromatic carbocycles. The molecule has 0 saturated heterocycles. The molecule has 7 heteroatoms. The summed E-state index contributed by atoms with van der Waals surface area (Å²) < 4.78 is 10.8. The van der Waals surface area contributed by atoms with Crippen molar-refractivity contribution in [2.24, 2.45) is 0 Å². The predicted octanol–water partition coefficient (Wildman–Crippen LogP) is 5.51. The number of fused-ring (bicyclic) bond motifs is 1. The number of ether oxygens (including phenoxy) is 2. The van der Waals surface area contributed by atoms with E-state index < -0.39 is 0 Å². The van der Waals surface area contributed by atoms with Gasteiger partial charge in [-0.15, -0.1) is 11.3 Å². The van der Waals surface area contributed by atoms with Gasteiger partial charge in [-0.25, -0.2) is 4.98 Å². The van der Waals surface area contributed by atoms with Gasteiger partial charge in [0.2, 0.25) is 0 Å². The van der Waals surface area contributed by atoms with Crippen molar-refractivity contribution >= 4 is 33.3 Å². The second-order valence-electron chi connectivity index (χ2n) is 7.44. The summed E-state index contributed by atoms with van der Waals surface area (Å²) in [4.78, 5) is 22.5. The number of rotatable bonds is 6. The standard InChI is InChI=1S/C24H21N3O3S/c1-29-15-9-10-22(30-2)18(11-15)21-13-31-24(26-21)27-23(28)17-12-20(14-7-8-14)25-19-6-4-3-5-16(17)19/h3-6,9-14H,7-8H2,1-2H3,(H,26,27,28). The zero-order valence-corrected chi connectivity index (χ0v) is 18.0. The quantitative estimate of drug-likeness (QED) is 0.436. The average Bonchev–Trinajstić information content (AvgIpc) is 3.56. The number of pyridine rings is 1. The molecule has 1 amide bonds. The van der Waals surface area contributed by atoms with Crippen molar-refractivity contribution < 1.29 is 14.3 Å². The maximum atomic E-state index is 13.2. The van der Waals surface area contributed by atoms with Gasteiger partial charge in [0.25, 0.3) is 5.91 Å². The summed E-state index contributed by atoms with van der Waals surface area (Å²) in [5.41, 5.74) is 3.99. The molecule has 6 nitrogen and oxygen atoms in total. The third kappa shape index (κ3) is 3.84. The number of hydrogen-bond donors (Lipinski definition) is 1. The van der Waals surface area contributed by atoms with Crippen molar-refractivity contribution in [2.45, 2.75) is 18.8 Å². The molecule has 0 radical (unpaired) electrons. The first-order chi connectivity index (χ1) is 15.2. The van der Waals surface area contributed by atoms with Crippen molar-refractivity contribution in [1.82, 2.24) is 9.97 Å². The number of anilines is 1. The lowest BCUT2D eigenvalue weighted by Gasteiger charge is -2.09. The maximum absolute atomic E-state index is 13.2. The Labute approximate surface area is 183 Å². The molecule has 0 aliphatic heterocycles. The third-order valence-corrected chi connectivity index (χ3v) is 6.14. The van der Waals surface area contributed by atoms with Crippen LogP contribution in [0.25, 0.3) is 22.2 Å². The Bertz CT molecular complexity index is 1280. The number of carbonyl (C=O) groups is 1. The van der Waals surface area contributed by atoms with Gasteiger partial charge in [0.15, 0.2) is 5.13 Å². The Morgan fingerprint density at radius 2 is 1.90 bits per heavy atom. The van der Waals surface area contributed by atoms with E-state index in [0.717, 1.165) is 35.0 Å². The van der Waals surface area contributed by atoms with Crippen molar-refractivity contribution in [1.29, 1.82) is 0 Å². The molecule has 5 rings (SSSR count). The molecule has 0 atom stereocenters. The number of thiazole rings is 1. The average molecular weight is 432 g/mol. The molecule has 2 heterocycles. The summed E-state index contributed by atoms with van der Waals surface area (Å²) >= 11 is 1.37. The SMILES string of the molecule is COc1ccc(OC)c(-c2csc(NC(=O)c3cc(C4CC4)nc4ccccc34)n2)c1. The molecule has 1 aliphatic carbocycles. The van der Waals surface area contributed by atoms with Crippen LogP contribution in [-0.2, 0) is 0 Å². The maximum Gasteiger partial charge on any atom is 0.258 e. The van der Waals surface area contributed by atoms with Gasteiger partial charge in [-0.2, -0.15) is 0 Å². The van der Waals surface area contributed by atoms with Crippen LogP contribution in [-0.4, -0.2) is 30.1 Å². The highest BCUT2D eigenvalue weighted by atomic mass is 32.1. The molecular weight excluding hydrogens is 410 g/mol. The summed E-state index contributed by atoms with van der Waals surface area (Å²) in [6.07, 6.45) is 2.26. The lowest BCUT2D eigenvalue weighted by Crippen LogP contribution is -2.13. The van der Waals surface area contributed by atoms with Gasteiger partial charge in [-0.3, -0.25) is 15.1 Å². The van der Waals surface area contributed by atoms with Crippen molar-refractivity contribution in [3.63, 3.8) is 0 Å². The number of hydrogen-bond acceptors (Lipinski definition) is 6. The minimum Gasteiger partial charge on any atom is -0.497 e. The molecule has 156 valence electrons. The first kappa shape index (κ1) is 19.5. The molecule has 1 aliphatic rings. The molecule has 1 N–H and O–H groups in total. The van der Waals surface area contributed by atoms with E-state index in [2.05, 4.69) is 10.3 Å². The first-order valence-electron chi connectivity index (χ1n) is 10.0. The minimum atomic E-state index is -0.181. The minimum absolute atomic E-state index is 0.181. The van der Waals surface area contributed by atoms with Crippen LogP contribution in [0.1, 0.15) is 34.8 Å². The molecule has 4 aromatic rings. The van der Waals surface area contributed by atoms with Gasteiger partial charge in [0.1, 0.15) is 11.5 Å². The largest absolute Gasteiger partial charge is 0.497 e. The summed E-state index contributed by atoms with van der Waals surface area (Å²) in [5.74, 6) is 1.69. The summed E-state index contributed by atoms with van der Waals surface area (Å²) in [7, 11) is 3.24.